The Morgan fingerprint density at radius 2 is 1.90 bits per heavy atom. The Hall–Kier alpha value is -1.55. The minimum absolute atomic E-state index is 0.0999. The molecule has 21 heavy (non-hydrogen) atoms. The van der Waals surface area contributed by atoms with Crippen LogP contribution in [0.25, 0.3) is 0 Å². The summed E-state index contributed by atoms with van der Waals surface area (Å²) < 4.78 is 5.77. The predicted molar refractivity (Wildman–Crippen MR) is 86.4 cm³/mol. The standard InChI is InChI=1S/C17H28N2O2/c1-13(2)11-19-17(20)9-10-18-12-15-7-5-6-8-16(15)21-14(3)4/h5-8,13-14,18H,9-12H2,1-4H3,(H,19,20). The highest BCUT2D eigenvalue weighted by atomic mass is 16.5. The largest absolute Gasteiger partial charge is 0.491 e. The molecule has 0 aromatic heterocycles. The van der Waals surface area contributed by atoms with Crippen molar-refractivity contribution in [1.82, 2.24) is 10.6 Å². The van der Waals surface area contributed by atoms with E-state index in [1.54, 1.807) is 0 Å². The molecule has 2 N–H and O–H groups in total. The van der Waals surface area contributed by atoms with E-state index in [2.05, 4.69) is 24.5 Å². The molecule has 0 fully saturated rings. The van der Waals surface area contributed by atoms with Crippen LogP contribution in [0, 0.1) is 5.92 Å². The first kappa shape index (κ1) is 17.5. The molecule has 0 heterocycles. The van der Waals surface area contributed by atoms with Gasteiger partial charge in [-0.2, -0.15) is 0 Å². The Balaban J connectivity index is 2.31. The average molecular weight is 292 g/mol. The summed E-state index contributed by atoms with van der Waals surface area (Å²) in [6, 6.07) is 8.00. The number of ether oxygens (including phenoxy) is 1. The fourth-order valence-electron chi connectivity index (χ4n) is 1.85. The molecule has 4 heteroatoms. The molecule has 1 rings (SSSR count). The molecule has 1 aromatic rings. The second kappa shape index (κ2) is 9.40. The highest BCUT2D eigenvalue weighted by Gasteiger charge is 2.05. The van der Waals surface area contributed by atoms with Crippen molar-refractivity contribution in [3.63, 3.8) is 0 Å². The van der Waals surface area contributed by atoms with Gasteiger partial charge in [0, 0.05) is 31.6 Å². The van der Waals surface area contributed by atoms with Crippen LogP contribution >= 0.6 is 0 Å². The molecule has 0 spiro atoms. The molecule has 0 saturated carbocycles. The van der Waals surface area contributed by atoms with Gasteiger partial charge in [-0.1, -0.05) is 32.0 Å². The molecular formula is C17H28N2O2. The Labute approximate surface area is 128 Å². The summed E-state index contributed by atoms with van der Waals surface area (Å²) in [5.74, 6) is 1.49. The van der Waals surface area contributed by atoms with Crippen molar-refractivity contribution in [2.75, 3.05) is 13.1 Å². The number of nitrogens with one attached hydrogen (secondary N) is 2. The van der Waals surface area contributed by atoms with E-state index < -0.39 is 0 Å². The van der Waals surface area contributed by atoms with Gasteiger partial charge >= 0.3 is 0 Å². The molecule has 0 saturated heterocycles. The summed E-state index contributed by atoms with van der Waals surface area (Å²) in [6.07, 6.45) is 0.660. The minimum atomic E-state index is 0.0999. The Morgan fingerprint density at radius 1 is 1.19 bits per heavy atom. The topological polar surface area (TPSA) is 50.4 Å². The zero-order valence-electron chi connectivity index (χ0n) is 13.6. The molecule has 1 amide bonds. The fraction of sp³-hybridized carbons (Fsp3) is 0.588. The van der Waals surface area contributed by atoms with Gasteiger partial charge in [-0.25, -0.2) is 0 Å². The zero-order chi connectivity index (χ0) is 15.7. The number of amides is 1. The first-order valence-electron chi connectivity index (χ1n) is 7.71. The Morgan fingerprint density at radius 3 is 2.57 bits per heavy atom. The van der Waals surface area contributed by atoms with E-state index in [0.717, 1.165) is 17.9 Å². The van der Waals surface area contributed by atoms with Crippen LogP contribution in [0.15, 0.2) is 24.3 Å². The van der Waals surface area contributed by atoms with Crippen molar-refractivity contribution in [1.29, 1.82) is 0 Å². The van der Waals surface area contributed by atoms with Gasteiger partial charge in [0.25, 0.3) is 0 Å². The second-order valence-corrected chi connectivity index (χ2v) is 5.90. The smallest absolute Gasteiger partial charge is 0.221 e. The molecule has 0 unspecified atom stereocenters. The lowest BCUT2D eigenvalue weighted by molar-refractivity contribution is -0.121. The summed E-state index contributed by atoms with van der Waals surface area (Å²) in [7, 11) is 0. The van der Waals surface area contributed by atoms with Gasteiger partial charge in [0.2, 0.25) is 5.91 Å². The van der Waals surface area contributed by atoms with Crippen LogP contribution in [0.5, 0.6) is 5.75 Å². The van der Waals surface area contributed by atoms with Crippen molar-refractivity contribution >= 4 is 5.91 Å². The van der Waals surface area contributed by atoms with E-state index in [-0.39, 0.29) is 12.0 Å². The van der Waals surface area contributed by atoms with E-state index in [4.69, 9.17) is 4.74 Å². The van der Waals surface area contributed by atoms with E-state index in [9.17, 15) is 4.79 Å². The maximum absolute atomic E-state index is 11.6. The molecule has 0 atom stereocenters. The third-order valence-corrected chi connectivity index (χ3v) is 2.89. The molecule has 0 bridgehead atoms. The van der Waals surface area contributed by atoms with Gasteiger partial charge < -0.3 is 15.4 Å². The molecule has 0 aliphatic rings. The van der Waals surface area contributed by atoms with Crippen LogP contribution in [-0.2, 0) is 11.3 Å². The number of carbonyl (C=O) groups is 1. The van der Waals surface area contributed by atoms with Crippen LogP contribution in [0.2, 0.25) is 0 Å². The van der Waals surface area contributed by atoms with E-state index in [1.807, 2.05) is 38.1 Å². The van der Waals surface area contributed by atoms with Crippen molar-refractivity contribution < 1.29 is 9.53 Å². The maximum Gasteiger partial charge on any atom is 0.221 e. The van der Waals surface area contributed by atoms with Gasteiger partial charge in [-0.3, -0.25) is 4.79 Å². The van der Waals surface area contributed by atoms with Gasteiger partial charge in [0.05, 0.1) is 6.10 Å². The normalized spacial score (nSPS) is 11.0. The highest BCUT2D eigenvalue weighted by Crippen LogP contribution is 2.18. The van der Waals surface area contributed by atoms with Crippen molar-refractivity contribution in [3.05, 3.63) is 29.8 Å². The van der Waals surface area contributed by atoms with Crippen LogP contribution in [0.3, 0.4) is 0 Å². The molecule has 118 valence electrons. The fourth-order valence-corrected chi connectivity index (χ4v) is 1.85. The van der Waals surface area contributed by atoms with E-state index in [0.29, 0.717) is 25.4 Å². The lowest BCUT2D eigenvalue weighted by atomic mass is 10.2. The van der Waals surface area contributed by atoms with Crippen LogP contribution in [0.4, 0.5) is 0 Å². The lowest BCUT2D eigenvalue weighted by Gasteiger charge is -2.14. The monoisotopic (exact) mass is 292 g/mol. The Bertz CT molecular complexity index is 431. The molecular weight excluding hydrogens is 264 g/mol. The van der Waals surface area contributed by atoms with Crippen molar-refractivity contribution in [2.24, 2.45) is 5.92 Å². The minimum Gasteiger partial charge on any atom is -0.491 e. The Kier molecular flexibility index (Phi) is 7.83. The molecule has 1 aromatic carbocycles. The van der Waals surface area contributed by atoms with Crippen LogP contribution in [-0.4, -0.2) is 25.1 Å². The number of carbonyl (C=O) groups excluding carboxylic acids is 1. The van der Waals surface area contributed by atoms with E-state index in [1.165, 1.54) is 0 Å². The maximum atomic E-state index is 11.6. The third kappa shape index (κ3) is 7.71. The number of rotatable bonds is 9. The summed E-state index contributed by atoms with van der Waals surface area (Å²) in [6.45, 7) is 10.3. The summed E-state index contributed by atoms with van der Waals surface area (Å²) in [5.41, 5.74) is 1.12. The van der Waals surface area contributed by atoms with Crippen molar-refractivity contribution in [3.8, 4) is 5.75 Å². The lowest BCUT2D eigenvalue weighted by Crippen LogP contribution is -2.30. The highest BCUT2D eigenvalue weighted by molar-refractivity contribution is 5.76. The van der Waals surface area contributed by atoms with Gasteiger partial charge in [-0.15, -0.1) is 0 Å². The van der Waals surface area contributed by atoms with Crippen LogP contribution in [0.1, 0.15) is 39.7 Å². The van der Waals surface area contributed by atoms with E-state index >= 15 is 0 Å². The second-order valence-electron chi connectivity index (χ2n) is 5.90. The first-order chi connectivity index (χ1) is 9.99. The molecule has 4 nitrogen and oxygen atoms in total. The molecule has 0 radical (unpaired) electrons. The van der Waals surface area contributed by atoms with Crippen molar-refractivity contribution in [2.45, 2.75) is 46.8 Å². The summed E-state index contributed by atoms with van der Waals surface area (Å²) in [4.78, 5) is 11.6. The number of hydrogen-bond acceptors (Lipinski definition) is 3. The van der Waals surface area contributed by atoms with Gasteiger partial charge in [0.15, 0.2) is 0 Å². The number of benzene rings is 1. The summed E-state index contributed by atoms with van der Waals surface area (Å²) >= 11 is 0. The number of para-hydroxylation sites is 1. The molecule has 0 aliphatic heterocycles. The number of hydrogen-bond donors (Lipinski definition) is 2. The summed E-state index contributed by atoms with van der Waals surface area (Å²) in [5, 5.41) is 6.21. The first-order valence-corrected chi connectivity index (χ1v) is 7.71. The third-order valence-electron chi connectivity index (χ3n) is 2.89. The van der Waals surface area contributed by atoms with Gasteiger partial charge in [-0.05, 0) is 25.8 Å². The quantitative estimate of drug-likeness (QED) is 0.688. The van der Waals surface area contributed by atoms with Gasteiger partial charge in [0.1, 0.15) is 5.75 Å². The molecule has 0 aliphatic carbocycles. The predicted octanol–water partition coefficient (Wildman–Crippen LogP) is 2.73. The van der Waals surface area contributed by atoms with Crippen LogP contribution < -0.4 is 15.4 Å². The zero-order valence-corrected chi connectivity index (χ0v) is 13.6. The SMILES string of the molecule is CC(C)CNC(=O)CCNCc1ccccc1OC(C)C. The average Bonchev–Trinajstić information content (AvgIpc) is 2.42.